The highest BCUT2D eigenvalue weighted by molar-refractivity contribution is 6.29. The summed E-state index contributed by atoms with van der Waals surface area (Å²) >= 11 is 6.21. The van der Waals surface area contributed by atoms with Crippen molar-refractivity contribution in [3.05, 3.63) is 46.9 Å². The number of hydrogen-bond donors (Lipinski definition) is 0. The van der Waals surface area contributed by atoms with Gasteiger partial charge in [0.05, 0.1) is 5.41 Å². The number of benzene rings is 1. The fraction of sp³-hybridized carbons (Fsp3) is 0.333. The molecule has 1 atom stereocenters. The molecule has 1 unspecified atom stereocenters. The zero-order chi connectivity index (χ0) is 17.3. The molecule has 0 fully saturated rings. The molecule has 0 amide bonds. The maximum atomic E-state index is 13.2. The van der Waals surface area contributed by atoms with Crippen LogP contribution in [0.25, 0.3) is 11.3 Å². The van der Waals surface area contributed by atoms with Crippen molar-refractivity contribution in [1.29, 1.82) is 0 Å². The minimum atomic E-state index is -0.456. The Kier molecular flexibility index (Phi) is 4.45. The summed E-state index contributed by atoms with van der Waals surface area (Å²) in [6, 6.07) is 7.76. The van der Waals surface area contributed by atoms with Crippen molar-refractivity contribution >= 4 is 17.6 Å². The first-order valence-corrected chi connectivity index (χ1v) is 8.06. The molecule has 0 N–H and O–H groups in total. The number of pyridine rings is 1. The molecule has 24 heavy (non-hydrogen) atoms. The van der Waals surface area contributed by atoms with Crippen molar-refractivity contribution in [3.8, 4) is 17.0 Å². The van der Waals surface area contributed by atoms with E-state index < -0.39 is 5.41 Å². The van der Waals surface area contributed by atoms with Crippen LogP contribution in [0.5, 0.6) is 5.75 Å². The Morgan fingerprint density at radius 2 is 2.12 bits per heavy atom. The van der Waals surface area contributed by atoms with E-state index in [1.54, 1.807) is 18.2 Å². The number of esters is 1. The van der Waals surface area contributed by atoms with Crippen molar-refractivity contribution in [1.82, 2.24) is 4.98 Å². The lowest BCUT2D eigenvalue weighted by atomic mass is 9.80. The van der Waals surface area contributed by atoms with E-state index >= 15 is 0 Å². The molecule has 1 aromatic carbocycles. The minimum absolute atomic E-state index is 0.217. The number of nitrogens with zero attached hydrogens (tertiary/aromatic N) is 1. The molecular formula is C18H17ClFNO3. The first-order valence-electron chi connectivity index (χ1n) is 7.68. The monoisotopic (exact) mass is 349 g/mol. The molecule has 0 spiro atoms. The van der Waals surface area contributed by atoms with Gasteiger partial charge in [-0.15, -0.1) is 0 Å². The second kappa shape index (κ2) is 6.40. The number of hydrogen-bond acceptors (Lipinski definition) is 4. The third-order valence-corrected chi connectivity index (χ3v) is 4.55. The lowest BCUT2D eigenvalue weighted by molar-refractivity contribution is -0.143. The number of carbonyl (C=O) groups excluding carboxylic acids is 1. The van der Waals surface area contributed by atoms with Gasteiger partial charge in [0, 0.05) is 18.1 Å². The molecule has 126 valence electrons. The maximum absolute atomic E-state index is 13.2. The summed E-state index contributed by atoms with van der Waals surface area (Å²) in [4.78, 5) is 15.6. The van der Waals surface area contributed by atoms with Gasteiger partial charge in [-0.25, -0.2) is 9.37 Å². The van der Waals surface area contributed by atoms with Gasteiger partial charge in [0.15, 0.2) is 0 Å². The average Bonchev–Trinajstić information content (AvgIpc) is 2.92. The predicted molar refractivity (Wildman–Crippen MR) is 88.7 cm³/mol. The Labute approximate surface area is 144 Å². The van der Waals surface area contributed by atoms with E-state index in [0.717, 1.165) is 17.5 Å². The molecule has 1 aromatic heterocycles. The standard InChI is InChI=1S/C18H17ClFNO3/c1-3-18(9-23-11(2)22)10-24-17-14(18)8-15(19)21-16(17)12-4-6-13(20)7-5-12/h4-8H,3,9-10H2,1-2H3. The molecule has 6 heteroatoms. The topological polar surface area (TPSA) is 48.4 Å². The minimum Gasteiger partial charge on any atom is -0.490 e. The first-order chi connectivity index (χ1) is 11.4. The molecule has 2 aromatic rings. The molecule has 4 nitrogen and oxygen atoms in total. The number of halogens is 2. The molecule has 1 aliphatic heterocycles. The lowest BCUT2D eigenvalue weighted by Crippen LogP contribution is -2.33. The third kappa shape index (κ3) is 2.96. The molecule has 0 saturated carbocycles. The van der Waals surface area contributed by atoms with Gasteiger partial charge in [-0.05, 0) is 36.8 Å². The Morgan fingerprint density at radius 3 is 2.75 bits per heavy atom. The normalized spacial score (nSPS) is 18.8. The van der Waals surface area contributed by atoms with Crippen LogP contribution >= 0.6 is 11.6 Å². The zero-order valence-corrected chi connectivity index (χ0v) is 14.2. The van der Waals surface area contributed by atoms with Crippen LogP contribution < -0.4 is 4.74 Å². The van der Waals surface area contributed by atoms with Crippen molar-refractivity contribution in [2.45, 2.75) is 25.7 Å². The van der Waals surface area contributed by atoms with Crippen LogP contribution in [-0.2, 0) is 14.9 Å². The molecule has 0 saturated heterocycles. The molecular weight excluding hydrogens is 333 g/mol. The summed E-state index contributed by atoms with van der Waals surface area (Å²) in [5.74, 6) is -0.0497. The summed E-state index contributed by atoms with van der Waals surface area (Å²) in [5, 5.41) is 0.319. The first kappa shape index (κ1) is 16.7. The molecule has 2 heterocycles. The zero-order valence-electron chi connectivity index (χ0n) is 13.4. The Hall–Kier alpha value is -2.14. The quantitative estimate of drug-likeness (QED) is 0.614. The third-order valence-electron chi connectivity index (χ3n) is 4.35. The summed E-state index contributed by atoms with van der Waals surface area (Å²) in [5.41, 5.74) is 1.69. The van der Waals surface area contributed by atoms with E-state index in [4.69, 9.17) is 21.1 Å². The number of carbonyl (C=O) groups is 1. The van der Waals surface area contributed by atoms with Crippen LogP contribution in [0, 0.1) is 5.82 Å². The van der Waals surface area contributed by atoms with Crippen molar-refractivity contribution in [2.24, 2.45) is 0 Å². The average molecular weight is 350 g/mol. The molecule has 3 rings (SSSR count). The number of ether oxygens (including phenoxy) is 2. The van der Waals surface area contributed by atoms with Gasteiger partial charge in [-0.1, -0.05) is 18.5 Å². The van der Waals surface area contributed by atoms with E-state index in [0.29, 0.717) is 23.2 Å². The van der Waals surface area contributed by atoms with Crippen LogP contribution in [0.4, 0.5) is 4.39 Å². The second-order valence-corrected chi connectivity index (χ2v) is 6.27. The fourth-order valence-corrected chi connectivity index (χ4v) is 3.08. The number of aromatic nitrogens is 1. The predicted octanol–water partition coefficient (Wildman–Crippen LogP) is 4.14. The molecule has 0 radical (unpaired) electrons. The maximum Gasteiger partial charge on any atom is 0.302 e. The summed E-state index contributed by atoms with van der Waals surface area (Å²) in [7, 11) is 0. The van der Waals surface area contributed by atoms with E-state index in [1.165, 1.54) is 19.1 Å². The lowest BCUT2D eigenvalue weighted by Gasteiger charge is -2.25. The van der Waals surface area contributed by atoms with Gasteiger partial charge >= 0.3 is 5.97 Å². The van der Waals surface area contributed by atoms with Crippen LogP contribution in [0.1, 0.15) is 25.8 Å². The Balaban J connectivity index is 2.09. The summed E-state index contributed by atoms with van der Waals surface area (Å²) in [6.45, 7) is 3.98. The van der Waals surface area contributed by atoms with Gasteiger partial charge in [-0.3, -0.25) is 4.79 Å². The molecule has 0 bridgehead atoms. The molecule has 0 aliphatic carbocycles. The second-order valence-electron chi connectivity index (χ2n) is 5.88. The van der Waals surface area contributed by atoms with Crippen LogP contribution in [0.15, 0.2) is 30.3 Å². The van der Waals surface area contributed by atoms with E-state index in [9.17, 15) is 9.18 Å². The van der Waals surface area contributed by atoms with Gasteiger partial charge in [-0.2, -0.15) is 0 Å². The SMILES string of the molecule is CCC1(COC(C)=O)COc2c1cc(Cl)nc2-c1ccc(F)cc1. The van der Waals surface area contributed by atoms with Gasteiger partial charge in [0.2, 0.25) is 0 Å². The summed E-state index contributed by atoms with van der Waals surface area (Å²) < 4.78 is 24.3. The number of rotatable bonds is 4. The fourth-order valence-electron chi connectivity index (χ4n) is 2.89. The van der Waals surface area contributed by atoms with Crippen LogP contribution in [-0.4, -0.2) is 24.2 Å². The van der Waals surface area contributed by atoms with Gasteiger partial charge < -0.3 is 9.47 Å². The van der Waals surface area contributed by atoms with E-state index in [2.05, 4.69) is 4.98 Å². The van der Waals surface area contributed by atoms with Crippen molar-refractivity contribution in [2.75, 3.05) is 13.2 Å². The Bertz CT molecular complexity index is 779. The van der Waals surface area contributed by atoms with Crippen molar-refractivity contribution in [3.63, 3.8) is 0 Å². The number of fused-ring (bicyclic) bond motifs is 1. The Morgan fingerprint density at radius 1 is 1.42 bits per heavy atom. The highest BCUT2D eigenvalue weighted by atomic mass is 35.5. The van der Waals surface area contributed by atoms with Gasteiger partial charge in [0.1, 0.15) is 35.6 Å². The highest BCUT2D eigenvalue weighted by Crippen LogP contribution is 2.46. The van der Waals surface area contributed by atoms with Crippen molar-refractivity contribution < 1.29 is 18.7 Å². The molecule has 1 aliphatic rings. The highest BCUT2D eigenvalue weighted by Gasteiger charge is 2.42. The summed E-state index contributed by atoms with van der Waals surface area (Å²) in [6.07, 6.45) is 0.719. The van der Waals surface area contributed by atoms with E-state index in [1.807, 2.05) is 6.92 Å². The van der Waals surface area contributed by atoms with Gasteiger partial charge in [0.25, 0.3) is 0 Å². The van der Waals surface area contributed by atoms with E-state index in [-0.39, 0.29) is 18.4 Å². The largest absolute Gasteiger partial charge is 0.490 e. The van der Waals surface area contributed by atoms with Crippen LogP contribution in [0.2, 0.25) is 5.15 Å². The van der Waals surface area contributed by atoms with Crippen LogP contribution in [0.3, 0.4) is 0 Å². The smallest absolute Gasteiger partial charge is 0.302 e.